The maximum absolute atomic E-state index is 11.9. The van der Waals surface area contributed by atoms with Crippen LogP contribution < -0.4 is 0 Å². The zero-order chi connectivity index (χ0) is 11.7. The van der Waals surface area contributed by atoms with E-state index in [0.29, 0.717) is 5.56 Å². The molecule has 5 heteroatoms. The first-order valence-corrected chi connectivity index (χ1v) is 4.98. The Kier molecular flexibility index (Phi) is 2.52. The van der Waals surface area contributed by atoms with Crippen LogP contribution in [-0.4, -0.2) is 39.3 Å². The first-order valence-electron chi connectivity index (χ1n) is 4.98. The monoisotopic (exact) mass is 218 g/mol. The van der Waals surface area contributed by atoms with Gasteiger partial charge in [-0.3, -0.25) is 9.48 Å². The van der Waals surface area contributed by atoms with Crippen LogP contribution in [0.15, 0.2) is 30.7 Å². The maximum Gasteiger partial charge on any atom is 0.258 e. The van der Waals surface area contributed by atoms with Gasteiger partial charge in [0.05, 0.1) is 6.20 Å². The Morgan fingerprint density at radius 3 is 2.50 bits per heavy atom. The Labute approximate surface area is 93.9 Å². The molecule has 1 amide bonds. The van der Waals surface area contributed by atoms with Crippen LogP contribution in [-0.2, 0) is 7.05 Å². The molecule has 0 atom stereocenters. The molecule has 0 aromatic carbocycles. The summed E-state index contributed by atoms with van der Waals surface area (Å²) >= 11 is 0. The van der Waals surface area contributed by atoms with E-state index in [2.05, 4.69) is 5.10 Å². The SMILES string of the molecule is CN(C)C(=O)c1cnn(C)c1-n1cccc1. The van der Waals surface area contributed by atoms with Gasteiger partial charge < -0.3 is 9.47 Å². The van der Waals surface area contributed by atoms with Crippen LogP contribution in [0.1, 0.15) is 10.4 Å². The second-order valence-corrected chi connectivity index (χ2v) is 3.80. The van der Waals surface area contributed by atoms with Gasteiger partial charge in [0.2, 0.25) is 0 Å². The molecule has 0 spiro atoms. The van der Waals surface area contributed by atoms with Gasteiger partial charge in [0, 0.05) is 33.5 Å². The van der Waals surface area contributed by atoms with Crippen molar-refractivity contribution in [3.05, 3.63) is 36.3 Å². The second kappa shape index (κ2) is 3.84. The molecule has 2 aromatic heterocycles. The van der Waals surface area contributed by atoms with E-state index in [1.165, 1.54) is 0 Å². The number of aromatic nitrogens is 3. The molecular formula is C11H14N4O. The number of carbonyl (C=O) groups is 1. The van der Waals surface area contributed by atoms with Gasteiger partial charge in [-0.15, -0.1) is 0 Å². The summed E-state index contributed by atoms with van der Waals surface area (Å²) < 4.78 is 3.57. The Balaban J connectivity index is 2.53. The zero-order valence-electron chi connectivity index (χ0n) is 9.58. The third kappa shape index (κ3) is 1.60. The van der Waals surface area contributed by atoms with Crippen molar-refractivity contribution in [3.63, 3.8) is 0 Å². The molecule has 2 aromatic rings. The molecule has 0 N–H and O–H groups in total. The van der Waals surface area contributed by atoms with Crippen molar-refractivity contribution in [3.8, 4) is 5.82 Å². The topological polar surface area (TPSA) is 43.1 Å². The van der Waals surface area contributed by atoms with Crippen molar-refractivity contribution in [2.24, 2.45) is 7.05 Å². The molecule has 0 saturated carbocycles. The fraction of sp³-hybridized carbons (Fsp3) is 0.273. The summed E-state index contributed by atoms with van der Waals surface area (Å²) in [7, 11) is 5.28. The average molecular weight is 218 g/mol. The summed E-state index contributed by atoms with van der Waals surface area (Å²) in [5.74, 6) is 0.737. The van der Waals surface area contributed by atoms with E-state index in [0.717, 1.165) is 5.82 Å². The minimum Gasteiger partial charge on any atom is -0.345 e. The third-order valence-electron chi connectivity index (χ3n) is 2.39. The Bertz CT molecular complexity index is 496. The maximum atomic E-state index is 11.9. The van der Waals surface area contributed by atoms with Crippen LogP contribution in [0.2, 0.25) is 0 Å². The lowest BCUT2D eigenvalue weighted by Crippen LogP contribution is -2.22. The average Bonchev–Trinajstić information content (AvgIpc) is 2.84. The largest absolute Gasteiger partial charge is 0.345 e. The second-order valence-electron chi connectivity index (χ2n) is 3.80. The molecule has 0 aliphatic heterocycles. The van der Waals surface area contributed by atoms with E-state index in [9.17, 15) is 4.79 Å². The molecule has 0 fully saturated rings. The standard InChI is InChI=1S/C11H14N4O/c1-13(2)11(16)9-8-12-14(3)10(9)15-6-4-5-7-15/h4-8H,1-3H3. The van der Waals surface area contributed by atoms with Crippen molar-refractivity contribution in [2.75, 3.05) is 14.1 Å². The van der Waals surface area contributed by atoms with Crippen LogP contribution in [0.4, 0.5) is 0 Å². The Hall–Kier alpha value is -2.04. The van der Waals surface area contributed by atoms with Crippen LogP contribution in [0.3, 0.4) is 0 Å². The summed E-state index contributed by atoms with van der Waals surface area (Å²) in [5, 5.41) is 4.12. The number of carbonyl (C=O) groups excluding carboxylic acids is 1. The number of nitrogens with zero attached hydrogens (tertiary/aromatic N) is 4. The highest BCUT2D eigenvalue weighted by atomic mass is 16.2. The predicted octanol–water partition coefficient (Wildman–Crippen LogP) is 0.913. The fourth-order valence-electron chi connectivity index (χ4n) is 1.60. The van der Waals surface area contributed by atoms with E-state index < -0.39 is 0 Å². The van der Waals surface area contributed by atoms with E-state index in [1.807, 2.05) is 36.1 Å². The molecule has 0 radical (unpaired) electrons. The smallest absolute Gasteiger partial charge is 0.258 e. The van der Waals surface area contributed by atoms with Crippen LogP contribution in [0.25, 0.3) is 5.82 Å². The highest BCUT2D eigenvalue weighted by molar-refractivity contribution is 5.96. The van der Waals surface area contributed by atoms with Gasteiger partial charge in [-0.25, -0.2) is 0 Å². The predicted molar refractivity (Wildman–Crippen MR) is 60.6 cm³/mol. The summed E-state index contributed by atoms with van der Waals surface area (Å²) in [6.45, 7) is 0. The lowest BCUT2D eigenvalue weighted by Gasteiger charge is -2.11. The lowest BCUT2D eigenvalue weighted by atomic mass is 10.3. The molecule has 5 nitrogen and oxygen atoms in total. The highest BCUT2D eigenvalue weighted by Gasteiger charge is 2.18. The van der Waals surface area contributed by atoms with Gasteiger partial charge in [-0.05, 0) is 12.1 Å². The highest BCUT2D eigenvalue weighted by Crippen LogP contribution is 2.14. The molecule has 0 saturated heterocycles. The summed E-state index contributed by atoms with van der Waals surface area (Å²) in [6.07, 6.45) is 5.38. The van der Waals surface area contributed by atoms with Gasteiger partial charge in [0.15, 0.2) is 0 Å². The van der Waals surface area contributed by atoms with E-state index in [-0.39, 0.29) is 5.91 Å². The first-order chi connectivity index (χ1) is 7.61. The normalized spacial score (nSPS) is 10.4. The number of amides is 1. The summed E-state index contributed by atoms with van der Waals surface area (Å²) in [4.78, 5) is 13.5. The Morgan fingerprint density at radius 1 is 1.31 bits per heavy atom. The lowest BCUT2D eigenvalue weighted by molar-refractivity contribution is 0.0827. The molecule has 2 rings (SSSR count). The minimum atomic E-state index is -0.0446. The number of hydrogen-bond donors (Lipinski definition) is 0. The van der Waals surface area contributed by atoms with Gasteiger partial charge >= 0.3 is 0 Å². The van der Waals surface area contributed by atoms with Crippen molar-refractivity contribution in [2.45, 2.75) is 0 Å². The number of hydrogen-bond acceptors (Lipinski definition) is 2. The van der Waals surface area contributed by atoms with E-state index in [4.69, 9.17) is 0 Å². The van der Waals surface area contributed by atoms with Gasteiger partial charge in [-0.2, -0.15) is 5.10 Å². The van der Waals surface area contributed by atoms with E-state index >= 15 is 0 Å². The van der Waals surface area contributed by atoms with Crippen molar-refractivity contribution < 1.29 is 4.79 Å². The zero-order valence-corrected chi connectivity index (χ0v) is 9.58. The minimum absolute atomic E-state index is 0.0446. The molecule has 16 heavy (non-hydrogen) atoms. The van der Waals surface area contributed by atoms with Crippen LogP contribution in [0, 0.1) is 0 Å². The van der Waals surface area contributed by atoms with Crippen LogP contribution in [0.5, 0.6) is 0 Å². The van der Waals surface area contributed by atoms with E-state index in [1.54, 1.807) is 29.9 Å². The number of rotatable bonds is 2. The number of aryl methyl sites for hydroxylation is 1. The van der Waals surface area contributed by atoms with Crippen molar-refractivity contribution >= 4 is 5.91 Å². The molecule has 0 bridgehead atoms. The molecule has 0 aliphatic carbocycles. The molecule has 0 aliphatic rings. The molecular weight excluding hydrogens is 204 g/mol. The Morgan fingerprint density at radius 2 is 1.94 bits per heavy atom. The fourth-order valence-corrected chi connectivity index (χ4v) is 1.60. The van der Waals surface area contributed by atoms with Crippen LogP contribution >= 0.6 is 0 Å². The van der Waals surface area contributed by atoms with Crippen molar-refractivity contribution in [1.82, 2.24) is 19.2 Å². The summed E-state index contributed by atoms with van der Waals surface area (Å²) in [5.41, 5.74) is 0.601. The summed E-state index contributed by atoms with van der Waals surface area (Å²) in [6, 6.07) is 3.83. The third-order valence-corrected chi connectivity index (χ3v) is 2.39. The molecule has 2 heterocycles. The van der Waals surface area contributed by atoms with Gasteiger partial charge in [-0.1, -0.05) is 0 Å². The van der Waals surface area contributed by atoms with Crippen molar-refractivity contribution in [1.29, 1.82) is 0 Å². The quantitative estimate of drug-likeness (QED) is 0.752. The molecule has 84 valence electrons. The molecule has 0 unspecified atom stereocenters. The first kappa shape index (κ1) is 10.5. The van der Waals surface area contributed by atoms with Gasteiger partial charge in [0.25, 0.3) is 5.91 Å². The van der Waals surface area contributed by atoms with Gasteiger partial charge in [0.1, 0.15) is 11.4 Å².